The summed E-state index contributed by atoms with van der Waals surface area (Å²) < 4.78 is 34.6. The molecule has 32 heavy (non-hydrogen) atoms. The molecule has 0 atom stereocenters. The number of nitrogens with one attached hydrogen (secondary N) is 1. The summed E-state index contributed by atoms with van der Waals surface area (Å²) in [6.07, 6.45) is 2.37. The van der Waals surface area contributed by atoms with Crippen LogP contribution in [0.25, 0.3) is 0 Å². The molecular formula is C24H28F2N2O4. The summed E-state index contributed by atoms with van der Waals surface area (Å²) >= 11 is 0. The molecule has 2 amide bonds. The van der Waals surface area contributed by atoms with Gasteiger partial charge in [0.1, 0.15) is 0 Å². The van der Waals surface area contributed by atoms with Crippen molar-refractivity contribution in [1.29, 1.82) is 0 Å². The van der Waals surface area contributed by atoms with Crippen LogP contribution >= 0.6 is 0 Å². The number of likely N-dealkylation sites (tertiary alicyclic amines) is 1. The van der Waals surface area contributed by atoms with Crippen molar-refractivity contribution in [2.75, 3.05) is 20.2 Å². The molecule has 2 aromatic rings. The summed E-state index contributed by atoms with van der Waals surface area (Å²) in [4.78, 5) is 26.8. The number of benzene rings is 2. The third-order valence-electron chi connectivity index (χ3n) is 5.60. The van der Waals surface area contributed by atoms with Crippen LogP contribution in [-0.4, -0.2) is 43.5 Å². The van der Waals surface area contributed by atoms with Gasteiger partial charge in [-0.1, -0.05) is 36.4 Å². The normalized spacial score (nSPS) is 14.3. The first-order valence-corrected chi connectivity index (χ1v) is 10.7. The van der Waals surface area contributed by atoms with Gasteiger partial charge in [0.15, 0.2) is 11.5 Å². The predicted molar refractivity (Wildman–Crippen MR) is 116 cm³/mol. The number of methoxy groups -OCH3 is 1. The molecule has 0 bridgehead atoms. The molecule has 1 saturated heterocycles. The zero-order chi connectivity index (χ0) is 22.9. The number of amides is 2. The van der Waals surface area contributed by atoms with E-state index in [0.717, 1.165) is 5.56 Å². The molecule has 1 aliphatic rings. The smallest absolute Gasteiger partial charge is 0.387 e. The van der Waals surface area contributed by atoms with Gasteiger partial charge in [-0.3, -0.25) is 9.59 Å². The van der Waals surface area contributed by atoms with Crippen LogP contribution in [0.5, 0.6) is 11.5 Å². The molecule has 0 aromatic heterocycles. The molecule has 0 aliphatic carbocycles. The van der Waals surface area contributed by atoms with Gasteiger partial charge in [0, 0.05) is 32.0 Å². The van der Waals surface area contributed by atoms with Gasteiger partial charge in [-0.2, -0.15) is 8.78 Å². The number of nitrogens with zero attached hydrogens (tertiary/aromatic N) is 1. The van der Waals surface area contributed by atoms with Gasteiger partial charge >= 0.3 is 6.61 Å². The van der Waals surface area contributed by atoms with E-state index in [4.69, 9.17) is 4.74 Å². The number of alkyl halides is 2. The van der Waals surface area contributed by atoms with Gasteiger partial charge in [0.2, 0.25) is 11.8 Å². The molecule has 1 N–H and O–H groups in total. The first-order valence-electron chi connectivity index (χ1n) is 10.7. The molecule has 3 rings (SSSR count). The molecule has 0 unspecified atom stereocenters. The lowest BCUT2D eigenvalue weighted by molar-refractivity contribution is -0.135. The van der Waals surface area contributed by atoms with Gasteiger partial charge in [-0.25, -0.2) is 0 Å². The Morgan fingerprint density at radius 1 is 1.06 bits per heavy atom. The van der Waals surface area contributed by atoms with Gasteiger partial charge in [-0.15, -0.1) is 0 Å². The maximum atomic E-state index is 12.6. The molecule has 2 aromatic carbocycles. The summed E-state index contributed by atoms with van der Waals surface area (Å²) in [5.41, 5.74) is 1.76. The van der Waals surface area contributed by atoms with E-state index >= 15 is 0 Å². The average Bonchev–Trinajstić information content (AvgIpc) is 2.81. The highest BCUT2D eigenvalue weighted by atomic mass is 19.3. The van der Waals surface area contributed by atoms with Gasteiger partial charge in [0.25, 0.3) is 0 Å². The number of carbonyl (C=O) groups excluding carboxylic acids is 2. The minimum absolute atomic E-state index is 0.0726. The number of ether oxygens (including phenoxy) is 2. The molecule has 0 radical (unpaired) electrons. The molecule has 172 valence electrons. The minimum Gasteiger partial charge on any atom is -0.493 e. The van der Waals surface area contributed by atoms with Gasteiger partial charge in [-0.05, 0) is 42.5 Å². The second-order valence-corrected chi connectivity index (χ2v) is 7.72. The standard InChI is InChI=1S/C24H28F2N2O4/c1-31-20-9-7-18(15-21(20)32-24(25)26)16-27-23(30)19-11-13-28(14-12-19)22(29)10-8-17-5-3-2-4-6-17/h2-7,9,15,19,24H,8,10-14,16H2,1H3,(H,27,30). The van der Waals surface area contributed by atoms with E-state index < -0.39 is 6.61 Å². The fraction of sp³-hybridized carbons (Fsp3) is 0.417. The van der Waals surface area contributed by atoms with Crippen molar-refractivity contribution in [3.63, 3.8) is 0 Å². The average molecular weight is 446 g/mol. The van der Waals surface area contributed by atoms with Crippen LogP contribution in [0.3, 0.4) is 0 Å². The third-order valence-corrected chi connectivity index (χ3v) is 5.60. The number of hydrogen-bond donors (Lipinski definition) is 1. The van der Waals surface area contributed by atoms with E-state index in [1.54, 1.807) is 6.07 Å². The number of rotatable bonds is 9. The first-order chi connectivity index (χ1) is 15.5. The van der Waals surface area contributed by atoms with E-state index in [1.807, 2.05) is 35.2 Å². The summed E-state index contributed by atoms with van der Waals surface area (Å²) in [6.45, 7) is -1.66. The van der Waals surface area contributed by atoms with Crippen molar-refractivity contribution < 1.29 is 27.8 Å². The summed E-state index contributed by atoms with van der Waals surface area (Å²) in [6, 6.07) is 14.5. The number of piperidine rings is 1. The lowest BCUT2D eigenvalue weighted by Gasteiger charge is -2.31. The van der Waals surface area contributed by atoms with Crippen molar-refractivity contribution >= 4 is 11.8 Å². The second-order valence-electron chi connectivity index (χ2n) is 7.72. The fourth-order valence-corrected chi connectivity index (χ4v) is 3.80. The van der Waals surface area contributed by atoms with Crippen LogP contribution < -0.4 is 14.8 Å². The maximum Gasteiger partial charge on any atom is 0.387 e. The molecule has 1 heterocycles. The zero-order valence-corrected chi connectivity index (χ0v) is 18.1. The van der Waals surface area contributed by atoms with Crippen LogP contribution in [0.1, 0.15) is 30.4 Å². The second kappa shape index (κ2) is 11.5. The predicted octanol–water partition coefficient (Wildman–Crippen LogP) is 3.78. The van der Waals surface area contributed by atoms with Crippen LogP contribution in [0.4, 0.5) is 8.78 Å². The van der Waals surface area contributed by atoms with Crippen molar-refractivity contribution in [2.45, 2.75) is 38.8 Å². The van der Waals surface area contributed by atoms with E-state index in [2.05, 4.69) is 10.1 Å². The Hall–Kier alpha value is -3.16. The molecular weight excluding hydrogens is 418 g/mol. The summed E-state index contributed by atoms with van der Waals surface area (Å²) in [7, 11) is 1.37. The zero-order valence-electron chi connectivity index (χ0n) is 18.1. The third kappa shape index (κ3) is 6.67. The lowest BCUT2D eigenvalue weighted by atomic mass is 9.95. The Kier molecular flexibility index (Phi) is 8.41. The number of carbonyl (C=O) groups is 2. The number of hydrogen-bond acceptors (Lipinski definition) is 4. The molecule has 0 saturated carbocycles. The highest BCUT2D eigenvalue weighted by Crippen LogP contribution is 2.29. The SMILES string of the molecule is COc1ccc(CNC(=O)C2CCN(C(=O)CCc3ccccc3)CC2)cc1OC(F)F. The van der Waals surface area contributed by atoms with E-state index in [0.29, 0.717) is 44.3 Å². The highest BCUT2D eigenvalue weighted by Gasteiger charge is 2.27. The summed E-state index contributed by atoms with van der Waals surface area (Å²) in [5.74, 6) is -0.0458. The van der Waals surface area contributed by atoms with Crippen molar-refractivity contribution in [1.82, 2.24) is 10.2 Å². The van der Waals surface area contributed by atoms with Crippen LogP contribution in [0.15, 0.2) is 48.5 Å². The van der Waals surface area contributed by atoms with Crippen LogP contribution in [0, 0.1) is 5.92 Å². The van der Waals surface area contributed by atoms with E-state index in [9.17, 15) is 18.4 Å². The van der Waals surface area contributed by atoms with E-state index in [1.165, 1.54) is 19.2 Å². The molecule has 1 fully saturated rings. The Morgan fingerprint density at radius 3 is 2.44 bits per heavy atom. The van der Waals surface area contributed by atoms with Crippen molar-refractivity contribution in [3.8, 4) is 11.5 Å². The summed E-state index contributed by atoms with van der Waals surface area (Å²) in [5, 5.41) is 2.85. The van der Waals surface area contributed by atoms with Gasteiger partial charge < -0.3 is 19.7 Å². The fourth-order valence-electron chi connectivity index (χ4n) is 3.80. The highest BCUT2D eigenvalue weighted by molar-refractivity contribution is 5.80. The topological polar surface area (TPSA) is 67.9 Å². The quantitative estimate of drug-likeness (QED) is 0.637. The molecule has 8 heteroatoms. The Balaban J connectivity index is 1.44. The Morgan fingerprint density at radius 2 is 1.78 bits per heavy atom. The molecule has 6 nitrogen and oxygen atoms in total. The van der Waals surface area contributed by atoms with Crippen LogP contribution in [-0.2, 0) is 22.6 Å². The molecule has 0 spiro atoms. The largest absolute Gasteiger partial charge is 0.493 e. The number of halogens is 2. The molecule has 1 aliphatic heterocycles. The minimum atomic E-state index is -2.96. The van der Waals surface area contributed by atoms with Crippen molar-refractivity contribution in [2.24, 2.45) is 5.92 Å². The lowest BCUT2D eigenvalue weighted by Crippen LogP contribution is -2.43. The Labute approximate surface area is 186 Å². The van der Waals surface area contributed by atoms with Crippen LogP contribution in [0.2, 0.25) is 0 Å². The van der Waals surface area contributed by atoms with Gasteiger partial charge in [0.05, 0.1) is 7.11 Å². The monoisotopic (exact) mass is 446 g/mol. The van der Waals surface area contributed by atoms with E-state index in [-0.39, 0.29) is 35.8 Å². The first kappa shape index (κ1) is 23.5. The van der Waals surface area contributed by atoms with Crippen molar-refractivity contribution in [3.05, 3.63) is 59.7 Å². The number of aryl methyl sites for hydroxylation is 1. The Bertz CT molecular complexity index is 900. The maximum absolute atomic E-state index is 12.6.